The number of aryl methyl sites for hydroxylation is 2. The molecule has 19 heavy (non-hydrogen) atoms. The van der Waals surface area contributed by atoms with Gasteiger partial charge in [0.1, 0.15) is 0 Å². The Bertz CT molecular complexity index is 423. The molecule has 3 unspecified atom stereocenters. The van der Waals surface area contributed by atoms with Gasteiger partial charge in [-0.25, -0.2) is 4.98 Å². The highest BCUT2D eigenvalue weighted by Crippen LogP contribution is 2.39. The van der Waals surface area contributed by atoms with E-state index in [0.717, 1.165) is 18.5 Å². The van der Waals surface area contributed by atoms with Gasteiger partial charge in [0.15, 0.2) is 0 Å². The van der Waals surface area contributed by atoms with Crippen molar-refractivity contribution in [2.45, 2.75) is 64.1 Å². The molecule has 1 aromatic rings. The van der Waals surface area contributed by atoms with Crippen LogP contribution in [0.15, 0.2) is 0 Å². The Kier molecular flexibility index (Phi) is 3.67. The molecule has 0 aromatic carbocycles. The van der Waals surface area contributed by atoms with Gasteiger partial charge < -0.3 is 10.6 Å². The van der Waals surface area contributed by atoms with E-state index in [1.807, 2.05) is 11.3 Å². The van der Waals surface area contributed by atoms with Crippen LogP contribution in [-0.2, 0) is 6.42 Å². The van der Waals surface area contributed by atoms with Gasteiger partial charge in [-0.3, -0.25) is 0 Å². The van der Waals surface area contributed by atoms with Gasteiger partial charge in [-0.1, -0.05) is 0 Å². The molecule has 0 spiro atoms. The van der Waals surface area contributed by atoms with E-state index in [1.165, 1.54) is 41.3 Å². The normalized spacial score (nSPS) is 32.7. The molecular formula is C15H25N3S. The summed E-state index contributed by atoms with van der Waals surface area (Å²) < 4.78 is 0. The van der Waals surface area contributed by atoms with Crippen molar-refractivity contribution in [1.82, 2.24) is 9.88 Å². The van der Waals surface area contributed by atoms with Crippen LogP contribution in [0.2, 0.25) is 0 Å². The number of nitrogens with two attached hydrogens (primary N) is 1. The van der Waals surface area contributed by atoms with Crippen molar-refractivity contribution >= 4 is 11.3 Å². The number of fused-ring (bicyclic) bond motifs is 2. The molecule has 3 heterocycles. The van der Waals surface area contributed by atoms with Crippen LogP contribution >= 0.6 is 11.3 Å². The largest absolute Gasteiger partial charge is 0.327 e. The second-order valence-electron chi connectivity index (χ2n) is 6.40. The van der Waals surface area contributed by atoms with E-state index in [2.05, 4.69) is 30.8 Å². The van der Waals surface area contributed by atoms with Crippen molar-refractivity contribution in [3.8, 4) is 0 Å². The zero-order chi connectivity index (χ0) is 13.6. The van der Waals surface area contributed by atoms with Crippen LogP contribution in [0.1, 0.15) is 41.3 Å². The molecule has 4 heteroatoms. The van der Waals surface area contributed by atoms with Crippen molar-refractivity contribution < 1.29 is 0 Å². The minimum atomic E-state index is 0.293. The van der Waals surface area contributed by atoms with E-state index < -0.39 is 0 Å². The SMILES string of the molecule is Cc1nc(CC(N)C2CC3CCC(C2)N3C)sc1C. The Morgan fingerprint density at radius 1 is 1.32 bits per heavy atom. The molecule has 0 saturated carbocycles. The van der Waals surface area contributed by atoms with Crippen molar-refractivity contribution in [2.24, 2.45) is 11.7 Å². The summed E-state index contributed by atoms with van der Waals surface area (Å²) in [5, 5.41) is 1.23. The molecule has 2 N–H and O–H groups in total. The number of aromatic nitrogens is 1. The first-order chi connectivity index (χ1) is 9.04. The fraction of sp³-hybridized carbons (Fsp3) is 0.800. The lowest BCUT2D eigenvalue weighted by atomic mass is 9.84. The third-order valence-electron chi connectivity index (χ3n) is 5.22. The molecule has 2 fully saturated rings. The highest BCUT2D eigenvalue weighted by atomic mass is 32.1. The number of hydrogen-bond acceptors (Lipinski definition) is 4. The Morgan fingerprint density at radius 2 is 1.95 bits per heavy atom. The Balaban J connectivity index is 1.63. The van der Waals surface area contributed by atoms with Crippen LogP contribution in [0.4, 0.5) is 0 Å². The lowest BCUT2D eigenvalue weighted by Crippen LogP contribution is -2.46. The first-order valence-corrected chi connectivity index (χ1v) is 8.26. The summed E-state index contributed by atoms with van der Waals surface area (Å²) in [6.07, 6.45) is 6.29. The first kappa shape index (κ1) is 13.5. The monoisotopic (exact) mass is 279 g/mol. The van der Waals surface area contributed by atoms with Crippen LogP contribution in [0.5, 0.6) is 0 Å². The average molecular weight is 279 g/mol. The Labute approximate surface area is 120 Å². The van der Waals surface area contributed by atoms with Gasteiger partial charge in [0.05, 0.1) is 10.7 Å². The topological polar surface area (TPSA) is 42.1 Å². The quantitative estimate of drug-likeness (QED) is 0.924. The van der Waals surface area contributed by atoms with Gasteiger partial charge in [-0.15, -0.1) is 11.3 Å². The summed E-state index contributed by atoms with van der Waals surface area (Å²) in [6.45, 7) is 4.24. The molecule has 3 rings (SSSR count). The van der Waals surface area contributed by atoms with E-state index in [4.69, 9.17) is 5.73 Å². The van der Waals surface area contributed by atoms with E-state index in [9.17, 15) is 0 Å². The number of piperidine rings is 1. The molecule has 106 valence electrons. The first-order valence-electron chi connectivity index (χ1n) is 7.45. The number of rotatable bonds is 3. The van der Waals surface area contributed by atoms with Gasteiger partial charge in [-0.05, 0) is 52.5 Å². The summed E-state index contributed by atoms with van der Waals surface area (Å²) in [5.41, 5.74) is 7.66. The smallest absolute Gasteiger partial charge is 0.0946 e. The van der Waals surface area contributed by atoms with Gasteiger partial charge in [0.25, 0.3) is 0 Å². The van der Waals surface area contributed by atoms with E-state index in [-0.39, 0.29) is 0 Å². The molecule has 2 aliphatic rings. The van der Waals surface area contributed by atoms with Crippen LogP contribution < -0.4 is 5.73 Å². The molecule has 2 saturated heterocycles. The summed E-state index contributed by atoms with van der Waals surface area (Å²) in [4.78, 5) is 8.56. The van der Waals surface area contributed by atoms with E-state index in [0.29, 0.717) is 12.0 Å². The third-order valence-corrected chi connectivity index (χ3v) is 6.32. The standard InChI is InChI=1S/C15H25N3S/c1-9-10(2)19-15(17-9)8-14(16)11-6-12-4-5-13(7-11)18(12)3/h11-14H,4-8,16H2,1-3H3. The molecule has 0 amide bonds. The van der Waals surface area contributed by atoms with Gasteiger partial charge in [-0.2, -0.15) is 0 Å². The lowest BCUT2D eigenvalue weighted by Gasteiger charge is -2.38. The maximum atomic E-state index is 6.49. The predicted molar refractivity (Wildman–Crippen MR) is 80.6 cm³/mol. The van der Waals surface area contributed by atoms with Gasteiger partial charge >= 0.3 is 0 Å². The highest BCUT2D eigenvalue weighted by molar-refractivity contribution is 7.11. The molecule has 0 radical (unpaired) electrons. The summed E-state index contributed by atoms with van der Waals surface area (Å²) in [7, 11) is 2.29. The van der Waals surface area contributed by atoms with E-state index >= 15 is 0 Å². The lowest BCUT2D eigenvalue weighted by molar-refractivity contribution is 0.120. The number of nitrogens with zero attached hydrogens (tertiary/aromatic N) is 2. The van der Waals surface area contributed by atoms with Crippen LogP contribution in [0.3, 0.4) is 0 Å². The average Bonchev–Trinajstić information content (AvgIpc) is 2.76. The molecular weight excluding hydrogens is 254 g/mol. The molecule has 0 aliphatic carbocycles. The van der Waals surface area contributed by atoms with Crippen LogP contribution in [0.25, 0.3) is 0 Å². The van der Waals surface area contributed by atoms with Crippen molar-refractivity contribution in [3.63, 3.8) is 0 Å². The maximum Gasteiger partial charge on any atom is 0.0946 e. The van der Waals surface area contributed by atoms with Crippen LogP contribution in [0, 0.1) is 19.8 Å². The number of thiazole rings is 1. The van der Waals surface area contributed by atoms with E-state index in [1.54, 1.807) is 0 Å². The number of hydrogen-bond donors (Lipinski definition) is 1. The minimum Gasteiger partial charge on any atom is -0.327 e. The molecule has 3 nitrogen and oxygen atoms in total. The van der Waals surface area contributed by atoms with Crippen molar-refractivity contribution in [2.75, 3.05) is 7.05 Å². The zero-order valence-electron chi connectivity index (χ0n) is 12.2. The highest BCUT2D eigenvalue weighted by Gasteiger charge is 2.40. The second kappa shape index (κ2) is 5.15. The zero-order valence-corrected chi connectivity index (χ0v) is 13.0. The van der Waals surface area contributed by atoms with Crippen molar-refractivity contribution in [3.05, 3.63) is 15.6 Å². The summed E-state index contributed by atoms with van der Waals surface area (Å²) >= 11 is 1.82. The van der Waals surface area contributed by atoms with Gasteiger partial charge in [0.2, 0.25) is 0 Å². The maximum absolute atomic E-state index is 6.49. The Hall–Kier alpha value is -0.450. The predicted octanol–water partition coefficient (Wildman–Crippen LogP) is 2.50. The molecule has 2 aliphatic heterocycles. The molecule has 2 bridgehead atoms. The van der Waals surface area contributed by atoms with Gasteiger partial charge in [0, 0.05) is 29.4 Å². The summed E-state index contributed by atoms with van der Waals surface area (Å²) in [6, 6.07) is 1.87. The minimum absolute atomic E-state index is 0.293. The fourth-order valence-corrected chi connectivity index (χ4v) is 4.80. The molecule has 3 atom stereocenters. The van der Waals surface area contributed by atoms with Crippen molar-refractivity contribution in [1.29, 1.82) is 0 Å². The summed E-state index contributed by atoms with van der Waals surface area (Å²) in [5.74, 6) is 0.693. The fourth-order valence-electron chi connectivity index (χ4n) is 3.80. The third kappa shape index (κ3) is 2.58. The Morgan fingerprint density at radius 3 is 2.47 bits per heavy atom. The molecule has 1 aromatic heterocycles. The second-order valence-corrected chi connectivity index (χ2v) is 7.69. The van der Waals surface area contributed by atoms with Crippen LogP contribution in [-0.4, -0.2) is 35.1 Å².